The van der Waals surface area contributed by atoms with Crippen LogP contribution in [0.1, 0.15) is 0 Å². The summed E-state index contributed by atoms with van der Waals surface area (Å²) in [6.45, 7) is 0.293. The zero-order valence-corrected chi connectivity index (χ0v) is 5.45. The third-order valence-electron chi connectivity index (χ3n) is 0.926. The summed E-state index contributed by atoms with van der Waals surface area (Å²) in [5.74, 6) is 0.497. The monoisotopic (exact) mass is 138 g/mol. The summed E-state index contributed by atoms with van der Waals surface area (Å²) >= 11 is 0. The zero-order valence-electron chi connectivity index (χ0n) is 5.45. The average molecular weight is 138 g/mol. The Morgan fingerprint density at radius 3 is 3.20 bits per heavy atom. The normalized spacial score (nSPS) is 9.30. The summed E-state index contributed by atoms with van der Waals surface area (Å²) in [7, 11) is 0. The van der Waals surface area contributed by atoms with Crippen LogP contribution in [0, 0.1) is 6.20 Å². The minimum Gasteiger partial charge on any atom is -0.475 e. The Labute approximate surface area is 59.3 Å². The Hall–Kier alpha value is -1.09. The molecule has 0 fully saturated rings. The fraction of sp³-hybridized carbons (Fsp3) is 0.286. The highest BCUT2D eigenvalue weighted by atomic mass is 16.5. The van der Waals surface area contributed by atoms with Crippen LogP contribution in [0.3, 0.4) is 0 Å². The molecule has 0 unspecified atom stereocenters. The summed E-state index contributed by atoms with van der Waals surface area (Å²) < 4.78 is 4.96. The van der Waals surface area contributed by atoms with Gasteiger partial charge in [-0.1, -0.05) is 6.07 Å². The van der Waals surface area contributed by atoms with Gasteiger partial charge in [-0.15, -0.1) is 0 Å². The van der Waals surface area contributed by atoms with Gasteiger partial charge in [-0.25, -0.2) is 4.98 Å². The summed E-state index contributed by atoms with van der Waals surface area (Å²) in [5.41, 5.74) is 0. The molecule has 0 saturated carbocycles. The van der Waals surface area contributed by atoms with E-state index >= 15 is 0 Å². The highest BCUT2D eigenvalue weighted by Crippen LogP contribution is 2.01. The second-order valence-electron chi connectivity index (χ2n) is 1.68. The first-order chi connectivity index (χ1) is 4.93. The number of aliphatic hydroxyl groups excluding tert-OH is 1. The summed E-state index contributed by atoms with van der Waals surface area (Å²) in [4.78, 5) is 3.76. The van der Waals surface area contributed by atoms with Gasteiger partial charge >= 0.3 is 0 Å². The lowest BCUT2D eigenvalue weighted by atomic mass is 10.5. The van der Waals surface area contributed by atoms with Crippen molar-refractivity contribution >= 4 is 0 Å². The van der Waals surface area contributed by atoms with Crippen molar-refractivity contribution in [3.63, 3.8) is 0 Å². The van der Waals surface area contributed by atoms with Crippen molar-refractivity contribution in [2.75, 3.05) is 13.2 Å². The number of aliphatic hydroxyl groups is 1. The Bertz CT molecular complexity index is 176. The molecule has 1 radical (unpaired) electrons. The maximum Gasteiger partial charge on any atom is 0.213 e. The quantitative estimate of drug-likeness (QED) is 0.651. The van der Waals surface area contributed by atoms with Gasteiger partial charge in [-0.05, 0) is 6.07 Å². The molecule has 10 heavy (non-hydrogen) atoms. The molecule has 0 aliphatic carbocycles. The van der Waals surface area contributed by atoms with Crippen LogP contribution in [0.25, 0.3) is 0 Å². The van der Waals surface area contributed by atoms with Crippen LogP contribution in [0.4, 0.5) is 0 Å². The largest absolute Gasteiger partial charge is 0.475 e. The molecule has 0 aliphatic rings. The van der Waals surface area contributed by atoms with E-state index in [1.807, 2.05) is 0 Å². The second kappa shape index (κ2) is 3.85. The third kappa shape index (κ3) is 2.03. The summed E-state index contributed by atoms with van der Waals surface area (Å²) in [6.07, 6.45) is 2.61. The van der Waals surface area contributed by atoms with E-state index in [-0.39, 0.29) is 13.2 Å². The standard InChI is InChI=1S/C7H8NO2/c9-5-6-10-7-3-1-2-4-8-7/h1-3,9H,5-6H2. The van der Waals surface area contributed by atoms with Crippen LogP contribution in [0.2, 0.25) is 0 Å². The van der Waals surface area contributed by atoms with Gasteiger partial charge in [0.2, 0.25) is 5.88 Å². The van der Waals surface area contributed by atoms with E-state index in [1.54, 1.807) is 18.2 Å². The van der Waals surface area contributed by atoms with Crippen molar-refractivity contribution in [2.45, 2.75) is 0 Å². The Kier molecular flexibility index (Phi) is 2.70. The molecule has 1 aromatic rings. The van der Waals surface area contributed by atoms with Gasteiger partial charge in [-0.2, -0.15) is 0 Å². The first-order valence-corrected chi connectivity index (χ1v) is 3.00. The first kappa shape index (κ1) is 7.02. The molecule has 53 valence electrons. The minimum atomic E-state index is 0.0105. The molecule has 0 saturated heterocycles. The van der Waals surface area contributed by atoms with Crippen LogP contribution in [0.15, 0.2) is 18.2 Å². The van der Waals surface area contributed by atoms with Gasteiger partial charge in [0, 0.05) is 6.07 Å². The third-order valence-corrected chi connectivity index (χ3v) is 0.926. The molecule has 3 heteroatoms. The number of hydrogen-bond donors (Lipinski definition) is 1. The van der Waals surface area contributed by atoms with Crippen LogP contribution in [0.5, 0.6) is 5.88 Å². The minimum absolute atomic E-state index is 0.0105. The lowest BCUT2D eigenvalue weighted by molar-refractivity contribution is 0.196. The average Bonchev–Trinajstić information content (AvgIpc) is 2.03. The fourth-order valence-corrected chi connectivity index (χ4v) is 0.542. The molecule has 0 atom stereocenters. The predicted molar refractivity (Wildman–Crippen MR) is 35.7 cm³/mol. The predicted octanol–water partition coefficient (Wildman–Crippen LogP) is 0.253. The summed E-state index contributed by atoms with van der Waals surface area (Å²) in [5, 5.41) is 8.36. The van der Waals surface area contributed by atoms with Gasteiger partial charge in [0.15, 0.2) is 0 Å². The van der Waals surface area contributed by atoms with E-state index in [0.717, 1.165) is 0 Å². The van der Waals surface area contributed by atoms with Crippen LogP contribution >= 0.6 is 0 Å². The molecule has 1 N–H and O–H groups in total. The molecule has 3 nitrogen and oxygen atoms in total. The Morgan fingerprint density at radius 1 is 1.70 bits per heavy atom. The molecule has 1 rings (SSSR count). The van der Waals surface area contributed by atoms with Crippen molar-refractivity contribution in [1.82, 2.24) is 4.98 Å². The number of hydrogen-bond acceptors (Lipinski definition) is 3. The highest BCUT2D eigenvalue weighted by Gasteiger charge is 1.89. The van der Waals surface area contributed by atoms with E-state index < -0.39 is 0 Å². The lowest BCUT2D eigenvalue weighted by Crippen LogP contribution is -2.02. The van der Waals surface area contributed by atoms with Crippen molar-refractivity contribution in [1.29, 1.82) is 0 Å². The van der Waals surface area contributed by atoms with Gasteiger partial charge in [0.1, 0.15) is 6.61 Å². The van der Waals surface area contributed by atoms with Gasteiger partial charge in [0.05, 0.1) is 12.8 Å². The zero-order chi connectivity index (χ0) is 7.23. The fourth-order valence-electron chi connectivity index (χ4n) is 0.542. The SMILES string of the molecule is OCCOc1ccc[c]n1. The molecular formula is C7H8NO2. The smallest absolute Gasteiger partial charge is 0.213 e. The van der Waals surface area contributed by atoms with E-state index in [9.17, 15) is 0 Å². The molecule has 1 heterocycles. The lowest BCUT2D eigenvalue weighted by Gasteiger charge is -1.99. The Balaban J connectivity index is 2.43. The maximum absolute atomic E-state index is 8.36. The molecule has 0 bridgehead atoms. The molecule has 1 aromatic heterocycles. The molecule has 0 aliphatic heterocycles. The van der Waals surface area contributed by atoms with Gasteiger partial charge < -0.3 is 9.84 Å². The van der Waals surface area contributed by atoms with E-state index in [1.165, 1.54) is 0 Å². The number of ether oxygens (including phenoxy) is 1. The summed E-state index contributed by atoms with van der Waals surface area (Å²) in [6, 6.07) is 5.18. The molecule has 0 aromatic carbocycles. The van der Waals surface area contributed by atoms with E-state index in [4.69, 9.17) is 9.84 Å². The number of nitrogens with zero attached hydrogens (tertiary/aromatic N) is 1. The van der Waals surface area contributed by atoms with Gasteiger partial charge in [0.25, 0.3) is 0 Å². The highest BCUT2D eigenvalue weighted by molar-refractivity contribution is 5.08. The topological polar surface area (TPSA) is 42.4 Å². The van der Waals surface area contributed by atoms with Gasteiger partial charge in [-0.3, -0.25) is 0 Å². The van der Waals surface area contributed by atoms with Crippen LogP contribution < -0.4 is 4.74 Å². The maximum atomic E-state index is 8.36. The van der Waals surface area contributed by atoms with E-state index in [0.29, 0.717) is 5.88 Å². The van der Waals surface area contributed by atoms with Crippen LogP contribution in [-0.2, 0) is 0 Å². The van der Waals surface area contributed by atoms with Crippen molar-refractivity contribution in [3.05, 3.63) is 24.4 Å². The second-order valence-corrected chi connectivity index (χ2v) is 1.68. The van der Waals surface area contributed by atoms with Crippen molar-refractivity contribution < 1.29 is 9.84 Å². The number of rotatable bonds is 3. The van der Waals surface area contributed by atoms with Crippen molar-refractivity contribution in [3.8, 4) is 5.88 Å². The molecule has 0 amide bonds. The molecular weight excluding hydrogens is 130 g/mol. The number of aromatic nitrogens is 1. The molecule has 0 spiro atoms. The number of pyridine rings is 1. The van der Waals surface area contributed by atoms with Crippen molar-refractivity contribution in [2.24, 2.45) is 0 Å². The van der Waals surface area contributed by atoms with E-state index in [2.05, 4.69) is 11.2 Å². The Morgan fingerprint density at radius 2 is 2.60 bits per heavy atom. The first-order valence-electron chi connectivity index (χ1n) is 3.00. The van der Waals surface area contributed by atoms with Crippen LogP contribution in [-0.4, -0.2) is 23.3 Å².